The molecule has 0 unspecified atom stereocenters. The van der Waals surface area contributed by atoms with Crippen molar-refractivity contribution in [3.63, 3.8) is 0 Å². The van der Waals surface area contributed by atoms with Crippen molar-refractivity contribution >= 4 is 35.3 Å². The van der Waals surface area contributed by atoms with Crippen LogP contribution in [0.4, 0.5) is 4.79 Å². The van der Waals surface area contributed by atoms with Crippen molar-refractivity contribution < 1.29 is 24.2 Å². The first-order valence-electron chi connectivity index (χ1n) is 12.9. The molecule has 1 aliphatic carbocycles. The Morgan fingerprint density at radius 3 is 2.38 bits per heavy atom. The van der Waals surface area contributed by atoms with Gasteiger partial charge in [0.05, 0.1) is 25.3 Å². The first kappa shape index (κ1) is 28.9. The van der Waals surface area contributed by atoms with Gasteiger partial charge in [-0.1, -0.05) is 59.6 Å². The number of esters is 1. The number of aliphatic hydroxyl groups excluding tert-OH is 1. The molecule has 8 heteroatoms. The van der Waals surface area contributed by atoms with E-state index >= 15 is 0 Å². The van der Waals surface area contributed by atoms with Crippen LogP contribution in [-0.4, -0.2) is 47.4 Å². The zero-order valence-corrected chi connectivity index (χ0v) is 24.1. The molecule has 0 saturated heterocycles. The zero-order valence-electron chi connectivity index (χ0n) is 22.5. The number of hydrogen-bond donors (Lipinski definition) is 1. The number of methoxy groups -OCH3 is 1. The van der Waals surface area contributed by atoms with E-state index in [9.17, 15) is 14.7 Å². The lowest BCUT2D eigenvalue weighted by atomic mass is 9.85. The zero-order chi connectivity index (χ0) is 28.3. The quantitative estimate of drug-likeness (QED) is 0.316. The van der Waals surface area contributed by atoms with Crippen molar-refractivity contribution in [1.82, 2.24) is 4.90 Å². The summed E-state index contributed by atoms with van der Waals surface area (Å²) in [4.78, 5) is 26.9. The van der Waals surface area contributed by atoms with E-state index in [1.807, 2.05) is 32.9 Å². The van der Waals surface area contributed by atoms with Crippen molar-refractivity contribution in [2.45, 2.75) is 57.8 Å². The topological polar surface area (TPSA) is 76.1 Å². The Hall–Kier alpha value is -3.06. The predicted octanol–water partition coefficient (Wildman–Crippen LogP) is 7.28. The lowest BCUT2D eigenvalue weighted by Gasteiger charge is -2.37. The number of carbonyl (C=O) groups excluding carboxylic acids is 2. The molecule has 0 heterocycles. The highest BCUT2D eigenvalue weighted by Gasteiger charge is 2.33. The van der Waals surface area contributed by atoms with Crippen molar-refractivity contribution in [1.29, 1.82) is 0 Å². The summed E-state index contributed by atoms with van der Waals surface area (Å²) < 4.78 is 10.5. The molecular formula is C31H33Cl2NO5. The van der Waals surface area contributed by atoms with E-state index in [4.69, 9.17) is 32.7 Å². The van der Waals surface area contributed by atoms with Gasteiger partial charge in [-0.2, -0.15) is 0 Å². The molecule has 0 bridgehead atoms. The van der Waals surface area contributed by atoms with Crippen molar-refractivity contribution in [2.24, 2.45) is 0 Å². The number of rotatable bonds is 6. The van der Waals surface area contributed by atoms with E-state index < -0.39 is 23.8 Å². The second-order valence-electron chi connectivity index (χ2n) is 10.8. The number of aliphatic hydroxyl groups is 1. The fourth-order valence-corrected chi connectivity index (χ4v) is 5.25. The van der Waals surface area contributed by atoms with Crippen LogP contribution in [0.1, 0.15) is 60.3 Å². The Labute approximate surface area is 239 Å². The molecule has 0 radical (unpaired) electrons. The fourth-order valence-electron chi connectivity index (χ4n) is 4.84. The molecule has 39 heavy (non-hydrogen) atoms. The number of carbonyl (C=O) groups is 2. The summed E-state index contributed by atoms with van der Waals surface area (Å²) in [5.41, 5.74) is 4.42. The van der Waals surface area contributed by atoms with Crippen LogP contribution in [0.3, 0.4) is 0 Å². The van der Waals surface area contributed by atoms with Gasteiger partial charge in [-0.15, -0.1) is 0 Å². The molecular weight excluding hydrogens is 537 g/mol. The van der Waals surface area contributed by atoms with Gasteiger partial charge in [0.25, 0.3) is 0 Å². The second-order valence-corrected chi connectivity index (χ2v) is 11.6. The number of amides is 1. The van der Waals surface area contributed by atoms with Gasteiger partial charge in [0, 0.05) is 21.7 Å². The Bertz CT molecular complexity index is 1350. The van der Waals surface area contributed by atoms with Crippen LogP contribution < -0.4 is 0 Å². The third-order valence-corrected chi connectivity index (χ3v) is 7.37. The minimum absolute atomic E-state index is 0.0943. The Morgan fingerprint density at radius 2 is 1.74 bits per heavy atom. The number of hydrogen-bond acceptors (Lipinski definition) is 5. The van der Waals surface area contributed by atoms with Crippen molar-refractivity contribution in [2.75, 3.05) is 13.7 Å². The maximum absolute atomic E-state index is 13.4. The third-order valence-electron chi connectivity index (χ3n) is 6.80. The molecule has 1 N–H and O–H groups in total. The first-order chi connectivity index (χ1) is 18.4. The van der Waals surface area contributed by atoms with E-state index in [0.29, 0.717) is 27.6 Å². The van der Waals surface area contributed by atoms with Crippen LogP contribution in [0.2, 0.25) is 10.0 Å². The van der Waals surface area contributed by atoms with E-state index in [0.717, 1.165) is 29.5 Å². The van der Waals surface area contributed by atoms with Gasteiger partial charge >= 0.3 is 12.1 Å². The van der Waals surface area contributed by atoms with E-state index in [2.05, 4.69) is 12.1 Å². The maximum atomic E-state index is 13.4. The van der Waals surface area contributed by atoms with Crippen molar-refractivity contribution in [3.05, 3.63) is 93.0 Å². The summed E-state index contributed by atoms with van der Waals surface area (Å²) in [5, 5.41) is 12.0. The lowest BCUT2D eigenvalue weighted by molar-refractivity contribution is 0.00195. The van der Waals surface area contributed by atoms with Gasteiger partial charge in [0.15, 0.2) is 0 Å². The van der Waals surface area contributed by atoms with Crippen LogP contribution in [0.25, 0.3) is 11.1 Å². The normalized spacial score (nSPS) is 15.7. The van der Waals surface area contributed by atoms with E-state index in [1.165, 1.54) is 12.7 Å². The fraction of sp³-hybridized carbons (Fsp3) is 0.355. The third kappa shape index (κ3) is 7.13. The number of fused-ring (bicyclic) bond motifs is 1. The highest BCUT2D eigenvalue weighted by Crippen LogP contribution is 2.34. The highest BCUT2D eigenvalue weighted by atomic mass is 35.5. The summed E-state index contributed by atoms with van der Waals surface area (Å²) in [6.45, 7) is 5.58. The SMILES string of the molecule is COC(=O)c1ccc(-c2ccc3c(c2)C[C@@H](N(C[C@H](O)c2ccc(Cl)cc2)C(=O)OC(C)(C)C)CC3)c(Cl)c1. The van der Waals surface area contributed by atoms with Crippen LogP contribution in [0.5, 0.6) is 0 Å². The first-order valence-corrected chi connectivity index (χ1v) is 13.6. The Morgan fingerprint density at radius 1 is 1.03 bits per heavy atom. The van der Waals surface area contributed by atoms with Gasteiger partial charge < -0.3 is 19.5 Å². The summed E-state index contributed by atoms with van der Waals surface area (Å²) in [5.74, 6) is -0.445. The van der Waals surface area contributed by atoms with E-state index in [1.54, 1.807) is 41.3 Å². The number of halogens is 2. The molecule has 0 spiro atoms. The molecule has 0 aliphatic heterocycles. The summed E-state index contributed by atoms with van der Waals surface area (Å²) in [6, 6.07) is 18.1. The minimum Gasteiger partial charge on any atom is -0.465 e. The Balaban J connectivity index is 1.60. The molecule has 0 saturated carbocycles. The minimum atomic E-state index is -0.894. The molecule has 4 rings (SSSR count). The van der Waals surface area contributed by atoms with Gasteiger partial charge in [-0.05, 0) is 86.6 Å². The van der Waals surface area contributed by atoms with Gasteiger partial charge in [0.2, 0.25) is 0 Å². The highest BCUT2D eigenvalue weighted by molar-refractivity contribution is 6.33. The van der Waals surface area contributed by atoms with Crippen LogP contribution in [-0.2, 0) is 22.3 Å². The predicted molar refractivity (Wildman–Crippen MR) is 153 cm³/mol. The molecule has 0 aromatic heterocycles. The molecule has 1 aliphatic rings. The average molecular weight is 571 g/mol. The molecule has 3 aromatic carbocycles. The number of aryl methyl sites for hydroxylation is 1. The van der Waals surface area contributed by atoms with Crippen LogP contribution in [0.15, 0.2) is 60.7 Å². The summed E-state index contributed by atoms with van der Waals surface area (Å²) in [6.07, 6.45) is 0.781. The largest absolute Gasteiger partial charge is 0.465 e. The number of benzene rings is 3. The molecule has 3 aromatic rings. The summed E-state index contributed by atoms with van der Waals surface area (Å²) in [7, 11) is 1.33. The monoisotopic (exact) mass is 569 g/mol. The van der Waals surface area contributed by atoms with Crippen LogP contribution >= 0.6 is 23.2 Å². The Kier molecular flexibility index (Phi) is 8.90. The summed E-state index contributed by atoms with van der Waals surface area (Å²) >= 11 is 12.6. The maximum Gasteiger partial charge on any atom is 0.410 e. The van der Waals surface area contributed by atoms with Gasteiger partial charge in [-0.25, -0.2) is 9.59 Å². The lowest BCUT2D eigenvalue weighted by Crippen LogP contribution is -2.47. The smallest absolute Gasteiger partial charge is 0.410 e. The number of nitrogens with zero attached hydrogens (tertiary/aromatic N) is 1. The second kappa shape index (κ2) is 12.0. The standard InChI is InChI=1S/C31H33Cl2NO5/c1-31(2,3)39-30(37)34(18-28(35)20-7-11-24(32)12-8-20)25-13-9-19-5-6-21(15-23(19)16-25)26-14-10-22(17-27(26)33)29(36)38-4/h5-8,10-12,14-15,17,25,28,35H,9,13,16,18H2,1-4H3/t25-,28-/m0/s1. The molecule has 0 fully saturated rings. The van der Waals surface area contributed by atoms with E-state index in [-0.39, 0.29) is 12.6 Å². The van der Waals surface area contributed by atoms with Gasteiger partial charge in [-0.3, -0.25) is 0 Å². The molecule has 1 amide bonds. The van der Waals surface area contributed by atoms with Gasteiger partial charge in [0.1, 0.15) is 5.60 Å². The average Bonchev–Trinajstić information content (AvgIpc) is 2.89. The van der Waals surface area contributed by atoms with Crippen LogP contribution in [0, 0.1) is 0 Å². The molecule has 6 nitrogen and oxygen atoms in total. The molecule has 206 valence electrons. The molecule has 2 atom stereocenters. The number of ether oxygens (including phenoxy) is 2. The van der Waals surface area contributed by atoms with Crippen molar-refractivity contribution in [3.8, 4) is 11.1 Å².